The number of hydrogen-bond donors (Lipinski definition) is 1. The highest BCUT2D eigenvalue weighted by molar-refractivity contribution is 6.33. The highest BCUT2D eigenvalue weighted by Crippen LogP contribution is 2.27. The van der Waals surface area contributed by atoms with Crippen LogP contribution in [0, 0.1) is 5.41 Å². The number of esters is 1. The van der Waals surface area contributed by atoms with Crippen LogP contribution in [0.25, 0.3) is 0 Å². The Labute approximate surface area is 193 Å². The lowest BCUT2D eigenvalue weighted by Gasteiger charge is -2.12. The van der Waals surface area contributed by atoms with Gasteiger partial charge in [0.2, 0.25) is 0 Å². The Kier molecular flexibility index (Phi) is 7.95. The number of nitrogens with one attached hydrogen (secondary N) is 1. The number of carbonyl (C=O) groups is 1. The monoisotopic (exact) mass is 473 g/mol. The number of benzene rings is 2. The second-order valence-electron chi connectivity index (χ2n) is 6.95. The van der Waals surface area contributed by atoms with Crippen LogP contribution in [0.5, 0.6) is 0 Å². The minimum atomic E-state index is -4.78. The number of carbonyl (C=O) groups excluding carboxylic acids is 1. The maximum Gasteiger partial charge on any atom is 0.429 e. The minimum absolute atomic E-state index is 0.000458. The molecule has 0 aliphatic carbocycles. The first-order chi connectivity index (χ1) is 15.7. The van der Waals surface area contributed by atoms with Crippen LogP contribution in [0.3, 0.4) is 0 Å². The van der Waals surface area contributed by atoms with Crippen LogP contribution in [0.2, 0.25) is 5.02 Å². The van der Waals surface area contributed by atoms with Crippen LogP contribution in [-0.2, 0) is 11.2 Å². The van der Waals surface area contributed by atoms with Gasteiger partial charge in [0, 0.05) is 24.7 Å². The van der Waals surface area contributed by atoms with Gasteiger partial charge in [-0.15, -0.1) is 0 Å². The fraction of sp³-hybridized carbons (Fsp3) is 0.167. The third-order valence-corrected chi connectivity index (χ3v) is 4.89. The zero-order chi connectivity index (χ0) is 23.8. The van der Waals surface area contributed by atoms with E-state index in [-0.39, 0.29) is 28.6 Å². The first kappa shape index (κ1) is 24.1. The molecule has 0 radical (unpaired) electrons. The van der Waals surface area contributed by atoms with E-state index in [2.05, 4.69) is 9.98 Å². The van der Waals surface area contributed by atoms with Crippen LogP contribution in [0.15, 0.2) is 77.9 Å². The summed E-state index contributed by atoms with van der Waals surface area (Å²) < 4.78 is 44.2. The van der Waals surface area contributed by atoms with Crippen LogP contribution < -0.4 is 0 Å². The van der Waals surface area contributed by atoms with Gasteiger partial charge in [0.1, 0.15) is 5.71 Å². The zero-order valence-corrected chi connectivity index (χ0v) is 18.0. The summed E-state index contributed by atoms with van der Waals surface area (Å²) in [6.07, 6.45) is -3.42. The van der Waals surface area contributed by atoms with Crippen molar-refractivity contribution in [3.05, 3.63) is 94.8 Å². The predicted octanol–water partition coefficient (Wildman–Crippen LogP) is 6.23. The lowest BCUT2D eigenvalue weighted by molar-refractivity contribution is -0.0605. The quantitative estimate of drug-likeness (QED) is 0.311. The fourth-order valence-electron chi connectivity index (χ4n) is 2.84. The summed E-state index contributed by atoms with van der Waals surface area (Å²) in [5.74, 6) is -0.565. The molecule has 33 heavy (non-hydrogen) atoms. The molecule has 0 unspecified atom stereocenters. The van der Waals surface area contributed by atoms with Crippen molar-refractivity contribution < 1.29 is 22.7 Å². The summed E-state index contributed by atoms with van der Waals surface area (Å²) in [7, 11) is 0. The van der Waals surface area contributed by atoms with Crippen molar-refractivity contribution in [2.45, 2.75) is 19.0 Å². The van der Waals surface area contributed by atoms with Gasteiger partial charge in [-0.1, -0.05) is 41.9 Å². The van der Waals surface area contributed by atoms with E-state index in [4.69, 9.17) is 21.7 Å². The fourth-order valence-corrected chi connectivity index (χ4v) is 3.02. The second kappa shape index (κ2) is 10.9. The van der Waals surface area contributed by atoms with Crippen LogP contribution in [0.1, 0.15) is 28.0 Å². The molecule has 5 nitrogen and oxygen atoms in total. The third kappa shape index (κ3) is 6.98. The summed E-state index contributed by atoms with van der Waals surface area (Å²) in [5, 5.41) is 7.64. The van der Waals surface area contributed by atoms with Crippen molar-refractivity contribution in [1.29, 1.82) is 5.41 Å². The van der Waals surface area contributed by atoms with Crippen molar-refractivity contribution >= 4 is 34.7 Å². The highest BCUT2D eigenvalue weighted by atomic mass is 35.5. The number of pyridine rings is 1. The topological polar surface area (TPSA) is 75.4 Å². The van der Waals surface area contributed by atoms with Gasteiger partial charge in [0.05, 0.1) is 28.6 Å². The Bertz CT molecular complexity index is 1150. The molecule has 170 valence electrons. The molecular weight excluding hydrogens is 455 g/mol. The number of para-hydroxylation sites is 1. The molecule has 0 aliphatic rings. The van der Waals surface area contributed by atoms with Crippen molar-refractivity contribution in [2.75, 3.05) is 6.61 Å². The van der Waals surface area contributed by atoms with Crippen molar-refractivity contribution in [2.24, 2.45) is 4.99 Å². The summed E-state index contributed by atoms with van der Waals surface area (Å²) in [6, 6.07) is 17.7. The van der Waals surface area contributed by atoms with E-state index < -0.39 is 24.3 Å². The van der Waals surface area contributed by atoms with Gasteiger partial charge in [-0.05, 0) is 42.0 Å². The molecule has 3 aromatic rings. The Hall–Kier alpha value is -3.52. The van der Waals surface area contributed by atoms with E-state index in [1.165, 1.54) is 24.3 Å². The first-order valence-corrected chi connectivity index (χ1v) is 10.3. The smallest absolute Gasteiger partial charge is 0.429 e. The zero-order valence-electron chi connectivity index (χ0n) is 17.3. The molecule has 0 amide bonds. The van der Waals surface area contributed by atoms with Gasteiger partial charge in [0.25, 0.3) is 0 Å². The van der Waals surface area contributed by atoms with E-state index in [1.54, 1.807) is 36.5 Å². The van der Waals surface area contributed by atoms with Crippen LogP contribution in [-0.4, -0.2) is 35.2 Å². The molecule has 0 fully saturated rings. The molecule has 0 aliphatic heterocycles. The molecule has 3 rings (SSSR count). The first-order valence-electron chi connectivity index (χ1n) is 9.88. The van der Waals surface area contributed by atoms with Gasteiger partial charge < -0.3 is 10.1 Å². The predicted molar refractivity (Wildman–Crippen MR) is 121 cm³/mol. The molecule has 2 aromatic carbocycles. The highest BCUT2D eigenvalue weighted by Gasteiger charge is 2.35. The lowest BCUT2D eigenvalue weighted by Crippen LogP contribution is -2.25. The molecule has 1 heterocycles. The number of ether oxygens (including phenoxy) is 1. The number of aliphatic imine (C=N–C) groups is 1. The van der Waals surface area contributed by atoms with Gasteiger partial charge in [0.15, 0.2) is 0 Å². The molecular formula is C24H19ClF3N3O2. The molecule has 1 aromatic heterocycles. The van der Waals surface area contributed by atoms with E-state index in [0.29, 0.717) is 12.0 Å². The van der Waals surface area contributed by atoms with Crippen LogP contribution in [0.4, 0.5) is 18.9 Å². The van der Waals surface area contributed by atoms with Gasteiger partial charge in [-0.2, -0.15) is 13.2 Å². The van der Waals surface area contributed by atoms with E-state index >= 15 is 0 Å². The van der Waals surface area contributed by atoms with Gasteiger partial charge in [-0.3, -0.25) is 9.98 Å². The van der Waals surface area contributed by atoms with Crippen molar-refractivity contribution in [3.63, 3.8) is 0 Å². The summed E-state index contributed by atoms with van der Waals surface area (Å²) in [4.78, 5) is 20.7. The lowest BCUT2D eigenvalue weighted by atomic mass is 10.0. The summed E-state index contributed by atoms with van der Waals surface area (Å²) in [5.41, 5.74) is 0.193. The van der Waals surface area contributed by atoms with Crippen molar-refractivity contribution in [1.82, 2.24) is 4.98 Å². The van der Waals surface area contributed by atoms with Crippen LogP contribution >= 0.6 is 11.6 Å². The second-order valence-corrected chi connectivity index (χ2v) is 7.35. The molecule has 1 N–H and O–H groups in total. The van der Waals surface area contributed by atoms with Gasteiger partial charge >= 0.3 is 12.1 Å². The minimum Gasteiger partial charge on any atom is -0.462 e. The average molecular weight is 474 g/mol. The summed E-state index contributed by atoms with van der Waals surface area (Å²) in [6.45, 7) is 0.138. The maximum atomic E-state index is 13.0. The van der Waals surface area contributed by atoms with E-state index in [0.717, 1.165) is 5.69 Å². The SMILES string of the molecule is N=C(CC(=Nc1ccccc1Cl)c1ccc(C(=O)OCCc2ccccn2)cc1)C(F)(F)F. The normalized spacial score (nSPS) is 11.8. The molecule has 0 saturated heterocycles. The Morgan fingerprint density at radius 3 is 2.30 bits per heavy atom. The molecule has 0 saturated carbocycles. The number of halogens is 4. The maximum absolute atomic E-state index is 13.0. The number of alkyl halides is 3. The largest absolute Gasteiger partial charge is 0.462 e. The molecule has 0 bridgehead atoms. The van der Waals surface area contributed by atoms with Gasteiger partial charge in [-0.25, -0.2) is 4.79 Å². The molecule has 9 heteroatoms. The average Bonchev–Trinajstić information content (AvgIpc) is 2.80. The number of nitrogens with zero attached hydrogens (tertiary/aromatic N) is 2. The van der Waals surface area contributed by atoms with E-state index in [9.17, 15) is 18.0 Å². The van der Waals surface area contributed by atoms with E-state index in [1.807, 2.05) is 12.1 Å². The molecule has 0 atom stereocenters. The Balaban J connectivity index is 1.76. The summed E-state index contributed by atoms with van der Waals surface area (Å²) >= 11 is 6.09. The third-order valence-electron chi connectivity index (χ3n) is 4.57. The Morgan fingerprint density at radius 1 is 1.00 bits per heavy atom. The standard InChI is InChI=1S/C24H19ClF3N3O2/c25-19-6-1-2-7-20(19)31-21(15-22(29)24(26,27)28)16-8-10-17(11-9-16)23(32)33-14-12-18-5-3-4-13-30-18/h1-11,13,29H,12,14-15H2. The molecule has 0 spiro atoms. The van der Waals surface area contributed by atoms with Crippen molar-refractivity contribution in [3.8, 4) is 0 Å². The Morgan fingerprint density at radius 2 is 1.67 bits per heavy atom. The number of rotatable bonds is 8. The number of aromatic nitrogens is 1. The number of hydrogen-bond acceptors (Lipinski definition) is 5.